The molecule has 1 aliphatic heterocycles. The first-order valence-electron chi connectivity index (χ1n) is 6.93. The Hall–Kier alpha value is -1.06. The van der Waals surface area contributed by atoms with Gasteiger partial charge in [-0.15, -0.1) is 0 Å². The summed E-state index contributed by atoms with van der Waals surface area (Å²) < 4.78 is 0. The molecule has 1 heterocycles. The highest BCUT2D eigenvalue weighted by Crippen LogP contribution is 2.17. The molecule has 0 radical (unpaired) electrons. The molecule has 1 aromatic rings. The van der Waals surface area contributed by atoms with Crippen molar-refractivity contribution in [2.45, 2.75) is 32.2 Å². The fourth-order valence-electron chi connectivity index (χ4n) is 2.39. The number of piperidine rings is 1. The summed E-state index contributed by atoms with van der Waals surface area (Å²) in [5.41, 5.74) is 1.11. The summed E-state index contributed by atoms with van der Waals surface area (Å²) in [5, 5.41) is 4.00. The van der Waals surface area contributed by atoms with Gasteiger partial charge in [0.1, 0.15) is 0 Å². The lowest BCUT2D eigenvalue weighted by atomic mass is 10.1. The van der Waals surface area contributed by atoms with Gasteiger partial charge in [0.2, 0.25) is 5.91 Å². The lowest BCUT2D eigenvalue weighted by Crippen LogP contribution is -2.41. The summed E-state index contributed by atoms with van der Waals surface area (Å²) in [6.45, 7) is 4.26. The van der Waals surface area contributed by atoms with Gasteiger partial charge in [0.25, 0.3) is 0 Å². The number of amides is 1. The van der Waals surface area contributed by atoms with Crippen LogP contribution in [-0.2, 0) is 4.79 Å². The number of hydrogen-bond acceptors (Lipinski definition) is 2. The van der Waals surface area contributed by atoms with E-state index < -0.39 is 0 Å². The van der Waals surface area contributed by atoms with Crippen molar-refractivity contribution in [1.29, 1.82) is 0 Å². The van der Waals surface area contributed by atoms with Crippen molar-refractivity contribution >= 4 is 17.5 Å². The van der Waals surface area contributed by atoms with Crippen molar-refractivity contribution in [2.75, 3.05) is 19.6 Å². The second-order valence-corrected chi connectivity index (χ2v) is 5.54. The maximum absolute atomic E-state index is 12.0. The second kappa shape index (κ2) is 6.92. The molecule has 1 N–H and O–H groups in total. The van der Waals surface area contributed by atoms with Gasteiger partial charge in [0.05, 0.1) is 6.54 Å². The molecule has 1 aromatic carbocycles. The summed E-state index contributed by atoms with van der Waals surface area (Å²) in [6, 6.07) is 7.88. The maximum atomic E-state index is 12.0. The summed E-state index contributed by atoms with van der Waals surface area (Å²) >= 11 is 5.97. The number of nitrogens with one attached hydrogen (secondary N) is 1. The third-order valence-electron chi connectivity index (χ3n) is 3.62. The van der Waals surface area contributed by atoms with E-state index in [0.717, 1.165) is 36.5 Å². The highest BCUT2D eigenvalue weighted by Gasteiger charge is 2.16. The van der Waals surface area contributed by atoms with E-state index in [0.29, 0.717) is 6.54 Å². The van der Waals surface area contributed by atoms with Gasteiger partial charge in [0.15, 0.2) is 0 Å². The van der Waals surface area contributed by atoms with Crippen LogP contribution in [-0.4, -0.2) is 30.4 Å². The van der Waals surface area contributed by atoms with E-state index in [1.807, 2.05) is 29.2 Å². The van der Waals surface area contributed by atoms with Crippen LogP contribution in [0.3, 0.4) is 0 Å². The van der Waals surface area contributed by atoms with Crippen LogP contribution in [0.5, 0.6) is 0 Å². The van der Waals surface area contributed by atoms with Crippen LogP contribution in [0.15, 0.2) is 24.3 Å². The van der Waals surface area contributed by atoms with E-state index in [4.69, 9.17) is 11.6 Å². The number of benzene rings is 1. The monoisotopic (exact) mass is 280 g/mol. The molecule has 1 amide bonds. The molecule has 0 spiro atoms. The van der Waals surface area contributed by atoms with Crippen LogP contribution in [0.25, 0.3) is 0 Å². The predicted molar refractivity (Wildman–Crippen MR) is 78.3 cm³/mol. The minimum atomic E-state index is 0.132. The third kappa shape index (κ3) is 4.22. The molecule has 2 rings (SSSR count). The first kappa shape index (κ1) is 14.4. The number of rotatable bonds is 4. The summed E-state index contributed by atoms with van der Waals surface area (Å²) in [5.74, 6) is 0.202. The fraction of sp³-hybridized carbons (Fsp3) is 0.533. The molecule has 0 aliphatic carbocycles. The standard InChI is InChI=1S/C15H21ClN2O/c1-12(13-6-5-7-14(16)10-13)17-11-15(19)18-8-3-2-4-9-18/h5-7,10,12,17H,2-4,8-9,11H2,1H3/t12-/m1/s1. The number of nitrogens with zero attached hydrogens (tertiary/aromatic N) is 1. The zero-order valence-electron chi connectivity index (χ0n) is 11.4. The van der Waals surface area contributed by atoms with Gasteiger partial charge in [0, 0.05) is 24.2 Å². The number of hydrogen-bond donors (Lipinski definition) is 1. The third-order valence-corrected chi connectivity index (χ3v) is 3.85. The highest BCUT2D eigenvalue weighted by molar-refractivity contribution is 6.30. The normalized spacial score (nSPS) is 17.3. The quantitative estimate of drug-likeness (QED) is 0.920. The molecule has 1 fully saturated rings. The SMILES string of the molecule is C[C@@H](NCC(=O)N1CCCCC1)c1cccc(Cl)c1. The minimum Gasteiger partial charge on any atom is -0.342 e. The summed E-state index contributed by atoms with van der Waals surface area (Å²) in [7, 11) is 0. The molecule has 1 aliphatic rings. The van der Waals surface area contributed by atoms with Gasteiger partial charge < -0.3 is 10.2 Å². The Labute approximate surface area is 119 Å². The molecule has 0 saturated carbocycles. The van der Waals surface area contributed by atoms with Crippen LogP contribution in [0.4, 0.5) is 0 Å². The van der Waals surface area contributed by atoms with Crippen molar-refractivity contribution in [3.8, 4) is 0 Å². The van der Waals surface area contributed by atoms with Gasteiger partial charge >= 0.3 is 0 Å². The van der Waals surface area contributed by atoms with Gasteiger partial charge in [-0.3, -0.25) is 4.79 Å². The lowest BCUT2D eigenvalue weighted by molar-refractivity contribution is -0.131. The first-order chi connectivity index (χ1) is 9.16. The molecule has 19 heavy (non-hydrogen) atoms. The molecule has 4 heteroatoms. The first-order valence-corrected chi connectivity index (χ1v) is 7.31. The van der Waals surface area contributed by atoms with Crippen LogP contribution >= 0.6 is 11.6 Å². The van der Waals surface area contributed by atoms with Crippen molar-refractivity contribution in [3.05, 3.63) is 34.9 Å². The molecular weight excluding hydrogens is 260 g/mol. The van der Waals surface area contributed by atoms with Crippen molar-refractivity contribution in [2.24, 2.45) is 0 Å². The van der Waals surface area contributed by atoms with Crippen molar-refractivity contribution in [3.63, 3.8) is 0 Å². The Kier molecular flexibility index (Phi) is 5.23. The average molecular weight is 281 g/mol. The Morgan fingerprint density at radius 3 is 2.79 bits per heavy atom. The molecule has 1 atom stereocenters. The van der Waals surface area contributed by atoms with E-state index >= 15 is 0 Å². The van der Waals surface area contributed by atoms with Crippen molar-refractivity contribution in [1.82, 2.24) is 10.2 Å². The molecule has 104 valence electrons. The largest absolute Gasteiger partial charge is 0.342 e. The number of carbonyl (C=O) groups is 1. The zero-order valence-corrected chi connectivity index (χ0v) is 12.1. The van der Waals surface area contributed by atoms with E-state index in [9.17, 15) is 4.79 Å². The average Bonchev–Trinajstić information content (AvgIpc) is 2.45. The molecule has 0 aromatic heterocycles. The summed E-state index contributed by atoms with van der Waals surface area (Å²) in [6.07, 6.45) is 3.52. The smallest absolute Gasteiger partial charge is 0.236 e. The summed E-state index contributed by atoms with van der Waals surface area (Å²) in [4.78, 5) is 14.0. The number of likely N-dealkylation sites (tertiary alicyclic amines) is 1. The number of halogens is 1. The fourth-order valence-corrected chi connectivity index (χ4v) is 2.59. The highest BCUT2D eigenvalue weighted by atomic mass is 35.5. The lowest BCUT2D eigenvalue weighted by Gasteiger charge is -2.27. The van der Waals surface area contributed by atoms with Crippen molar-refractivity contribution < 1.29 is 4.79 Å². The topological polar surface area (TPSA) is 32.3 Å². The minimum absolute atomic E-state index is 0.132. The zero-order chi connectivity index (χ0) is 13.7. The van der Waals surface area contributed by atoms with Crippen LogP contribution in [0.1, 0.15) is 37.8 Å². The Morgan fingerprint density at radius 2 is 2.11 bits per heavy atom. The molecule has 1 saturated heterocycles. The molecule has 0 unspecified atom stereocenters. The van der Waals surface area contributed by atoms with Crippen LogP contribution < -0.4 is 5.32 Å². The van der Waals surface area contributed by atoms with E-state index in [-0.39, 0.29) is 11.9 Å². The van der Waals surface area contributed by atoms with Crippen LogP contribution in [0, 0.1) is 0 Å². The number of carbonyl (C=O) groups excluding carboxylic acids is 1. The van der Waals surface area contributed by atoms with Crippen LogP contribution in [0.2, 0.25) is 5.02 Å². The van der Waals surface area contributed by atoms with Gasteiger partial charge in [-0.2, -0.15) is 0 Å². The van der Waals surface area contributed by atoms with E-state index in [1.165, 1.54) is 6.42 Å². The molecule has 0 bridgehead atoms. The van der Waals surface area contributed by atoms with E-state index in [1.54, 1.807) is 0 Å². The van der Waals surface area contributed by atoms with Gasteiger partial charge in [-0.25, -0.2) is 0 Å². The Bertz CT molecular complexity index is 430. The Balaban J connectivity index is 1.82. The molecular formula is C15H21ClN2O. The maximum Gasteiger partial charge on any atom is 0.236 e. The van der Waals surface area contributed by atoms with E-state index in [2.05, 4.69) is 12.2 Å². The van der Waals surface area contributed by atoms with Gasteiger partial charge in [-0.1, -0.05) is 23.7 Å². The second-order valence-electron chi connectivity index (χ2n) is 5.10. The predicted octanol–water partition coefficient (Wildman–Crippen LogP) is 3.00. The molecule has 3 nitrogen and oxygen atoms in total. The Morgan fingerprint density at radius 1 is 1.37 bits per heavy atom. The van der Waals surface area contributed by atoms with Gasteiger partial charge in [-0.05, 0) is 43.9 Å².